The van der Waals surface area contributed by atoms with Gasteiger partial charge in [-0.3, -0.25) is 4.57 Å². The van der Waals surface area contributed by atoms with Gasteiger partial charge in [-0.2, -0.15) is 0 Å². The van der Waals surface area contributed by atoms with Crippen LogP contribution in [0.3, 0.4) is 0 Å². The van der Waals surface area contributed by atoms with Crippen LogP contribution in [0.5, 0.6) is 5.75 Å². The Balaban J connectivity index is 1.71. The monoisotopic (exact) mass is 457 g/mol. The predicted molar refractivity (Wildman–Crippen MR) is 109 cm³/mol. The SMILES string of the molecule is Nc1c(I)ccc2nc(-n3ccnc3)nc(CCOc3ccccc3)c12. The molecule has 4 rings (SSSR count). The number of hydrogen-bond donors (Lipinski definition) is 1. The van der Waals surface area contributed by atoms with Crippen molar-refractivity contribution in [3.63, 3.8) is 0 Å². The first-order valence-corrected chi connectivity index (χ1v) is 9.21. The number of benzene rings is 2. The quantitative estimate of drug-likeness (QED) is 0.366. The van der Waals surface area contributed by atoms with E-state index >= 15 is 0 Å². The standard InChI is InChI=1S/C19H16IN5O/c20-14-6-7-15-17(18(14)21)16(8-11-26-13-4-2-1-3-5-13)24-19(23-15)25-10-9-22-12-25/h1-7,9-10,12H,8,11,21H2. The number of fused-ring (bicyclic) bond motifs is 1. The molecule has 0 unspecified atom stereocenters. The van der Waals surface area contributed by atoms with Gasteiger partial charge in [-0.15, -0.1) is 0 Å². The zero-order valence-corrected chi connectivity index (χ0v) is 16.0. The van der Waals surface area contributed by atoms with E-state index in [1.165, 1.54) is 0 Å². The Hall–Kier alpha value is -2.68. The van der Waals surface area contributed by atoms with Gasteiger partial charge in [0.2, 0.25) is 5.95 Å². The minimum Gasteiger partial charge on any atom is -0.493 e. The molecule has 7 heteroatoms. The van der Waals surface area contributed by atoms with Crippen LogP contribution in [0.2, 0.25) is 0 Å². The topological polar surface area (TPSA) is 78.9 Å². The summed E-state index contributed by atoms with van der Waals surface area (Å²) in [7, 11) is 0. The number of halogens is 1. The van der Waals surface area contributed by atoms with Gasteiger partial charge in [-0.1, -0.05) is 18.2 Å². The molecule has 0 spiro atoms. The predicted octanol–water partition coefficient (Wildman–Crippen LogP) is 3.62. The molecule has 130 valence electrons. The molecular weight excluding hydrogens is 441 g/mol. The van der Waals surface area contributed by atoms with Crippen LogP contribution < -0.4 is 10.5 Å². The van der Waals surface area contributed by atoms with Crippen LogP contribution in [0.1, 0.15) is 5.69 Å². The van der Waals surface area contributed by atoms with Crippen molar-refractivity contribution in [1.29, 1.82) is 0 Å². The Morgan fingerprint density at radius 1 is 1.08 bits per heavy atom. The average molecular weight is 457 g/mol. The molecule has 0 radical (unpaired) electrons. The highest BCUT2D eigenvalue weighted by molar-refractivity contribution is 14.1. The lowest BCUT2D eigenvalue weighted by Gasteiger charge is -2.12. The van der Waals surface area contributed by atoms with E-state index in [-0.39, 0.29) is 0 Å². The summed E-state index contributed by atoms with van der Waals surface area (Å²) in [5, 5.41) is 0.887. The van der Waals surface area contributed by atoms with E-state index < -0.39 is 0 Å². The number of ether oxygens (including phenoxy) is 1. The molecule has 0 aliphatic carbocycles. The third-order valence-corrected chi connectivity index (χ3v) is 4.94. The number of rotatable bonds is 5. The fourth-order valence-corrected chi connectivity index (χ4v) is 3.19. The lowest BCUT2D eigenvalue weighted by Crippen LogP contribution is -2.09. The van der Waals surface area contributed by atoms with Gasteiger partial charge in [0, 0.05) is 27.8 Å². The Morgan fingerprint density at radius 2 is 1.92 bits per heavy atom. The van der Waals surface area contributed by atoms with E-state index in [1.807, 2.05) is 48.7 Å². The number of nitrogen functional groups attached to an aromatic ring is 1. The van der Waals surface area contributed by atoms with Crippen LogP contribution in [0.4, 0.5) is 5.69 Å². The van der Waals surface area contributed by atoms with E-state index in [9.17, 15) is 0 Å². The number of imidazole rings is 1. The molecule has 2 heterocycles. The summed E-state index contributed by atoms with van der Waals surface area (Å²) >= 11 is 2.23. The molecule has 0 saturated heterocycles. The van der Waals surface area contributed by atoms with Gasteiger partial charge in [-0.05, 0) is 46.9 Å². The molecule has 26 heavy (non-hydrogen) atoms. The molecule has 0 saturated carbocycles. The van der Waals surface area contributed by atoms with Crippen molar-refractivity contribution >= 4 is 39.2 Å². The second-order valence-corrected chi connectivity index (χ2v) is 6.87. The zero-order chi connectivity index (χ0) is 17.9. The second kappa shape index (κ2) is 7.28. The molecular formula is C19H16IN5O. The highest BCUT2D eigenvalue weighted by Crippen LogP contribution is 2.28. The average Bonchev–Trinajstić information content (AvgIpc) is 3.20. The Bertz CT molecular complexity index is 1030. The maximum absolute atomic E-state index is 6.32. The van der Waals surface area contributed by atoms with Crippen LogP contribution in [0.25, 0.3) is 16.9 Å². The van der Waals surface area contributed by atoms with E-state index in [2.05, 4.69) is 32.6 Å². The molecule has 0 aliphatic heterocycles. The van der Waals surface area contributed by atoms with Crippen molar-refractivity contribution in [2.45, 2.75) is 6.42 Å². The number of para-hydroxylation sites is 1. The van der Waals surface area contributed by atoms with Crippen molar-refractivity contribution in [2.24, 2.45) is 0 Å². The van der Waals surface area contributed by atoms with Crippen molar-refractivity contribution in [3.8, 4) is 11.7 Å². The number of aromatic nitrogens is 4. The molecule has 0 amide bonds. The maximum atomic E-state index is 6.32. The fraction of sp³-hybridized carbons (Fsp3) is 0.105. The molecule has 4 aromatic rings. The minimum absolute atomic E-state index is 0.504. The van der Waals surface area contributed by atoms with Crippen LogP contribution in [-0.2, 0) is 6.42 Å². The summed E-state index contributed by atoms with van der Waals surface area (Å²) in [6.07, 6.45) is 5.83. The van der Waals surface area contributed by atoms with Crippen LogP contribution in [0, 0.1) is 3.57 Å². The van der Waals surface area contributed by atoms with Gasteiger partial charge in [0.25, 0.3) is 0 Å². The highest BCUT2D eigenvalue weighted by atomic mass is 127. The van der Waals surface area contributed by atoms with Crippen molar-refractivity contribution in [1.82, 2.24) is 19.5 Å². The summed E-state index contributed by atoms with van der Waals surface area (Å²) in [6.45, 7) is 0.504. The van der Waals surface area contributed by atoms with Gasteiger partial charge >= 0.3 is 0 Å². The smallest absolute Gasteiger partial charge is 0.235 e. The lowest BCUT2D eigenvalue weighted by molar-refractivity contribution is 0.321. The van der Waals surface area contributed by atoms with Crippen molar-refractivity contribution in [3.05, 3.63) is 70.4 Å². The lowest BCUT2D eigenvalue weighted by atomic mass is 10.1. The molecule has 2 aromatic carbocycles. The van der Waals surface area contributed by atoms with E-state index in [0.29, 0.717) is 24.7 Å². The maximum Gasteiger partial charge on any atom is 0.235 e. The van der Waals surface area contributed by atoms with Gasteiger partial charge in [0.05, 0.1) is 23.5 Å². The molecule has 2 N–H and O–H groups in total. The number of hydrogen-bond acceptors (Lipinski definition) is 5. The van der Waals surface area contributed by atoms with Gasteiger partial charge in [0.1, 0.15) is 12.1 Å². The number of anilines is 1. The van der Waals surface area contributed by atoms with Crippen LogP contribution in [0.15, 0.2) is 61.2 Å². The molecule has 0 atom stereocenters. The molecule has 2 aromatic heterocycles. The first-order chi connectivity index (χ1) is 12.7. The van der Waals surface area contributed by atoms with Gasteiger partial charge in [0.15, 0.2) is 0 Å². The normalized spacial score (nSPS) is 11.0. The minimum atomic E-state index is 0.504. The first-order valence-electron chi connectivity index (χ1n) is 8.13. The van der Waals surface area contributed by atoms with Gasteiger partial charge < -0.3 is 10.5 Å². The van der Waals surface area contributed by atoms with E-state index in [0.717, 1.165) is 25.9 Å². The largest absolute Gasteiger partial charge is 0.493 e. The Labute approximate surface area is 164 Å². The summed E-state index contributed by atoms with van der Waals surface area (Å²) in [5.41, 5.74) is 8.71. The molecule has 6 nitrogen and oxygen atoms in total. The van der Waals surface area contributed by atoms with Crippen molar-refractivity contribution < 1.29 is 4.74 Å². The fourth-order valence-electron chi connectivity index (χ4n) is 2.74. The van der Waals surface area contributed by atoms with E-state index in [1.54, 1.807) is 17.1 Å². The summed E-state index contributed by atoms with van der Waals surface area (Å²) in [5.74, 6) is 1.41. The van der Waals surface area contributed by atoms with E-state index in [4.69, 9.17) is 15.5 Å². The number of nitrogens with two attached hydrogens (primary N) is 1. The molecule has 0 bridgehead atoms. The first kappa shape index (κ1) is 16.8. The van der Waals surface area contributed by atoms with Crippen molar-refractivity contribution in [2.75, 3.05) is 12.3 Å². The Kier molecular flexibility index (Phi) is 4.70. The summed E-state index contributed by atoms with van der Waals surface area (Å²) in [4.78, 5) is 13.4. The van der Waals surface area contributed by atoms with Gasteiger partial charge in [-0.25, -0.2) is 15.0 Å². The van der Waals surface area contributed by atoms with Crippen LogP contribution in [-0.4, -0.2) is 26.1 Å². The Morgan fingerprint density at radius 3 is 2.69 bits per heavy atom. The summed E-state index contributed by atoms with van der Waals surface area (Å²) in [6, 6.07) is 13.7. The zero-order valence-electron chi connectivity index (χ0n) is 13.8. The molecule has 0 fully saturated rings. The second-order valence-electron chi connectivity index (χ2n) is 5.71. The van der Waals surface area contributed by atoms with Crippen LogP contribution >= 0.6 is 22.6 Å². The molecule has 0 aliphatic rings. The third kappa shape index (κ3) is 3.34. The third-order valence-electron chi connectivity index (χ3n) is 4.00. The highest BCUT2D eigenvalue weighted by Gasteiger charge is 2.13. The summed E-state index contributed by atoms with van der Waals surface area (Å²) < 4.78 is 8.61. The number of nitrogens with zero attached hydrogens (tertiary/aromatic N) is 4.